The fourth-order valence-corrected chi connectivity index (χ4v) is 3.24. The van der Waals surface area contributed by atoms with Crippen molar-refractivity contribution in [3.8, 4) is 0 Å². The van der Waals surface area contributed by atoms with Gasteiger partial charge in [0.1, 0.15) is 6.10 Å². The van der Waals surface area contributed by atoms with Gasteiger partial charge in [-0.3, -0.25) is 0 Å². The van der Waals surface area contributed by atoms with Crippen LogP contribution in [0.5, 0.6) is 0 Å². The van der Waals surface area contributed by atoms with E-state index in [1.807, 2.05) is 13.0 Å². The summed E-state index contributed by atoms with van der Waals surface area (Å²) in [6.45, 7) is 2.75. The van der Waals surface area contributed by atoms with E-state index in [2.05, 4.69) is 25.0 Å². The summed E-state index contributed by atoms with van der Waals surface area (Å²) in [5, 5.41) is 3.84. The van der Waals surface area contributed by atoms with Crippen LogP contribution in [0.25, 0.3) is 0 Å². The molecule has 3 atom stereocenters. The van der Waals surface area contributed by atoms with Gasteiger partial charge in [-0.2, -0.15) is 4.98 Å². The number of hydrogen-bond donors (Lipinski definition) is 0. The van der Waals surface area contributed by atoms with Crippen molar-refractivity contribution < 1.29 is 9.26 Å². The van der Waals surface area contributed by atoms with Crippen molar-refractivity contribution in [2.45, 2.75) is 44.4 Å². The molecule has 21 heavy (non-hydrogen) atoms. The molecule has 0 saturated carbocycles. The lowest BCUT2D eigenvalue weighted by atomic mass is 9.99. The number of fused-ring (bicyclic) bond motifs is 1. The Balaban J connectivity index is 1.49. The van der Waals surface area contributed by atoms with Crippen LogP contribution < -0.4 is 4.90 Å². The molecule has 2 saturated heterocycles. The van der Waals surface area contributed by atoms with Crippen LogP contribution in [-0.4, -0.2) is 38.8 Å². The highest BCUT2D eigenvalue weighted by Crippen LogP contribution is 2.38. The molecule has 2 aliphatic heterocycles. The Labute approximate surface area is 122 Å². The van der Waals surface area contributed by atoms with E-state index in [9.17, 15) is 0 Å². The summed E-state index contributed by atoms with van der Waals surface area (Å²) >= 11 is 0. The fraction of sp³-hybridized carbons (Fsp3) is 0.571. The number of nitrogens with zero attached hydrogens (tertiary/aromatic N) is 5. The van der Waals surface area contributed by atoms with Gasteiger partial charge in [-0.15, -0.1) is 0 Å². The minimum Gasteiger partial charge on any atom is -0.363 e. The van der Waals surface area contributed by atoms with Crippen LogP contribution in [0.3, 0.4) is 0 Å². The van der Waals surface area contributed by atoms with Gasteiger partial charge in [0, 0.05) is 18.9 Å². The van der Waals surface area contributed by atoms with Gasteiger partial charge in [-0.1, -0.05) is 5.16 Å². The monoisotopic (exact) mass is 287 g/mol. The summed E-state index contributed by atoms with van der Waals surface area (Å²) < 4.78 is 11.4. The zero-order valence-electron chi connectivity index (χ0n) is 11.8. The van der Waals surface area contributed by atoms with Crippen molar-refractivity contribution in [3.05, 3.63) is 30.2 Å². The number of aryl methyl sites for hydroxylation is 1. The van der Waals surface area contributed by atoms with Crippen molar-refractivity contribution >= 4 is 5.95 Å². The lowest BCUT2D eigenvalue weighted by Gasteiger charge is -2.34. The van der Waals surface area contributed by atoms with Crippen LogP contribution in [0, 0.1) is 6.92 Å². The molecule has 0 bridgehead atoms. The second kappa shape index (κ2) is 5.07. The van der Waals surface area contributed by atoms with Crippen LogP contribution in [0.1, 0.15) is 37.1 Å². The van der Waals surface area contributed by atoms with E-state index < -0.39 is 0 Å². The average Bonchev–Trinajstić information content (AvgIpc) is 3.13. The number of aromatic nitrogens is 4. The van der Waals surface area contributed by atoms with Gasteiger partial charge in [0.05, 0.1) is 12.1 Å². The fourth-order valence-electron chi connectivity index (χ4n) is 3.24. The first-order chi connectivity index (χ1) is 10.3. The number of ether oxygens (including phenoxy) is 1. The lowest BCUT2D eigenvalue weighted by molar-refractivity contribution is -0.0657. The van der Waals surface area contributed by atoms with Gasteiger partial charge in [-0.25, -0.2) is 9.97 Å². The van der Waals surface area contributed by atoms with E-state index in [1.165, 1.54) is 0 Å². The SMILES string of the molecule is Cc1noc([C@@H]2CC[C@@H]3[C@@H](CCN3c3ncccn3)O2)n1. The third-order valence-corrected chi connectivity index (χ3v) is 4.18. The molecule has 110 valence electrons. The topological polar surface area (TPSA) is 77.2 Å². The van der Waals surface area contributed by atoms with Gasteiger partial charge in [0.15, 0.2) is 5.82 Å². The van der Waals surface area contributed by atoms with Gasteiger partial charge < -0.3 is 14.2 Å². The summed E-state index contributed by atoms with van der Waals surface area (Å²) in [5.41, 5.74) is 0. The highest BCUT2D eigenvalue weighted by molar-refractivity contribution is 5.34. The summed E-state index contributed by atoms with van der Waals surface area (Å²) in [5.74, 6) is 2.04. The van der Waals surface area contributed by atoms with Crippen LogP contribution >= 0.6 is 0 Å². The Hall–Kier alpha value is -2.02. The molecular formula is C14H17N5O2. The molecule has 0 aromatic carbocycles. The van der Waals surface area contributed by atoms with Crippen molar-refractivity contribution in [2.24, 2.45) is 0 Å². The van der Waals surface area contributed by atoms with Crippen molar-refractivity contribution in [2.75, 3.05) is 11.4 Å². The molecule has 4 rings (SSSR count). The van der Waals surface area contributed by atoms with Crippen molar-refractivity contribution in [3.63, 3.8) is 0 Å². The normalized spacial score (nSPS) is 28.6. The van der Waals surface area contributed by atoms with E-state index >= 15 is 0 Å². The highest BCUT2D eigenvalue weighted by atomic mass is 16.5. The first-order valence-corrected chi connectivity index (χ1v) is 7.30. The molecule has 2 fully saturated rings. The molecule has 0 amide bonds. The molecule has 0 unspecified atom stereocenters. The second-order valence-corrected chi connectivity index (χ2v) is 5.52. The molecule has 0 N–H and O–H groups in total. The second-order valence-electron chi connectivity index (χ2n) is 5.52. The minimum atomic E-state index is -0.0795. The maximum Gasteiger partial charge on any atom is 0.255 e. The Morgan fingerprint density at radius 1 is 1.19 bits per heavy atom. The minimum absolute atomic E-state index is 0.0795. The van der Waals surface area contributed by atoms with Gasteiger partial charge >= 0.3 is 0 Å². The Morgan fingerprint density at radius 3 is 2.81 bits per heavy atom. The number of hydrogen-bond acceptors (Lipinski definition) is 7. The molecule has 7 nitrogen and oxygen atoms in total. The molecule has 2 aromatic heterocycles. The van der Waals surface area contributed by atoms with E-state index in [0.717, 1.165) is 31.8 Å². The molecular weight excluding hydrogens is 270 g/mol. The number of rotatable bonds is 2. The summed E-state index contributed by atoms with van der Waals surface area (Å²) in [6.07, 6.45) is 6.55. The van der Waals surface area contributed by atoms with Crippen molar-refractivity contribution in [1.29, 1.82) is 0 Å². The summed E-state index contributed by atoms with van der Waals surface area (Å²) in [6, 6.07) is 2.18. The van der Waals surface area contributed by atoms with Gasteiger partial charge in [-0.05, 0) is 32.3 Å². The Kier molecular flexibility index (Phi) is 3.07. The predicted molar refractivity (Wildman–Crippen MR) is 73.7 cm³/mol. The third kappa shape index (κ3) is 2.27. The zero-order valence-corrected chi connectivity index (χ0v) is 11.8. The standard InChI is InChI=1S/C14H17N5O2/c1-9-17-13(21-18-9)12-4-3-10-11(20-12)5-8-19(10)14-15-6-2-7-16-14/h2,6-7,10-12H,3-5,8H2,1H3/t10-,11-,12+/m1/s1. The molecule has 0 aliphatic carbocycles. The highest BCUT2D eigenvalue weighted by Gasteiger charge is 2.42. The molecule has 7 heteroatoms. The average molecular weight is 287 g/mol. The van der Waals surface area contributed by atoms with Gasteiger partial charge in [0.2, 0.25) is 5.95 Å². The quantitative estimate of drug-likeness (QED) is 0.831. The van der Waals surface area contributed by atoms with Crippen LogP contribution in [0.4, 0.5) is 5.95 Å². The summed E-state index contributed by atoms with van der Waals surface area (Å²) in [4.78, 5) is 15.2. The first kappa shape index (κ1) is 12.7. The summed E-state index contributed by atoms with van der Waals surface area (Å²) in [7, 11) is 0. The van der Waals surface area contributed by atoms with Crippen LogP contribution in [0.15, 0.2) is 23.0 Å². The number of anilines is 1. The molecule has 2 aromatic rings. The zero-order chi connectivity index (χ0) is 14.2. The third-order valence-electron chi connectivity index (χ3n) is 4.18. The van der Waals surface area contributed by atoms with E-state index in [0.29, 0.717) is 17.8 Å². The van der Waals surface area contributed by atoms with E-state index in [-0.39, 0.29) is 12.2 Å². The molecule has 0 spiro atoms. The lowest BCUT2D eigenvalue weighted by Crippen LogP contribution is -2.41. The van der Waals surface area contributed by atoms with Crippen LogP contribution in [0.2, 0.25) is 0 Å². The maximum absolute atomic E-state index is 6.17. The largest absolute Gasteiger partial charge is 0.363 e. The van der Waals surface area contributed by atoms with Crippen molar-refractivity contribution in [1.82, 2.24) is 20.1 Å². The Bertz CT molecular complexity index is 617. The molecule has 2 aliphatic rings. The molecule has 0 radical (unpaired) electrons. The van der Waals surface area contributed by atoms with Gasteiger partial charge in [0.25, 0.3) is 5.89 Å². The van der Waals surface area contributed by atoms with E-state index in [1.54, 1.807) is 12.4 Å². The van der Waals surface area contributed by atoms with E-state index in [4.69, 9.17) is 9.26 Å². The van der Waals surface area contributed by atoms with Crippen LogP contribution in [-0.2, 0) is 4.74 Å². The predicted octanol–water partition coefficient (Wildman–Crippen LogP) is 1.67. The first-order valence-electron chi connectivity index (χ1n) is 7.30. The molecule has 4 heterocycles. The smallest absolute Gasteiger partial charge is 0.255 e. The Morgan fingerprint density at radius 2 is 2.05 bits per heavy atom. The maximum atomic E-state index is 6.17.